The van der Waals surface area contributed by atoms with Gasteiger partial charge in [0.25, 0.3) is 5.56 Å². The standard InChI is InChI=1S/C13H12ClNO4/c1-15-12-8(10(19-2)4-3-9(12)14)5-7(13(15)18)6-11(16)17/h3-5H,6H2,1-2H3,(H,16,17). The van der Waals surface area contributed by atoms with E-state index in [4.69, 9.17) is 21.4 Å². The van der Waals surface area contributed by atoms with Crippen LogP contribution in [-0.2, 0) is 18.3 Å². The summed E-state index contributed by atoms with van der Waals surface area (Å²) in [6, 6.07) is 4.84. The lowest BCUT2D eigenvalue weighted by Crippen LogP contribution is -2.23. The maximum atomic E-state index is 12.1. The van der Waals surface area contributed by atoms with Gasteiger partial charge in [-0.25, -0.2) is 0 Å². The average molecular weight is 282 g/mol. The third-order valence-electron chi connectivity index (χ3n) is 2.92. The first-order valence-electron chi connectivity index (χ1n) is 5.52. The third kappa shape index (κ3) is 2.29. The molecule has 0 unspecified atom stereocenters. The maximum absolute atomic E-state index is 12.1. The Morgan fingerprint density at radius 1 is 1.47 bits per heavy atom. The van der Waals surface area contributed by atoms with Gasteiger partial charge in [0.1, 0.15) is 5.75 Å². The average Bonchev–Trinajstić information content (AvgIpc) is 2.35. The highest BCUT2D eigenvalue weighted by Gasteiger charge is 2.14. The highest BCUT2D eigenvalue weighted by atomic mass is 35.5. The quantitative estimate of drug-likeness (QED) is 0.932. The first-order valence-corrected chi connectivity index (χ1v) is 5.90. The van der Waals surface area contributed by atoms with Crippen LogP contribution in [0.15, 0.2) is 23.0 Å². The third-order valence-corrected chi connectivity index (χ3v) is 3.23. The molecule has 0 aliphatic carbocycles. The molecule has 6 heteroatoms. The predicted molar refractivity (Wildman–Crippen MR) is 72.1 cm³/mol. The van der Waals surface area contributed by atoms with Crippen molar-refractivity contribution >= 4 is 28.5 Å². The van der Waals surface area contributed by atoms with Crippen LogP contribution < -0.4 is 10.3 Å². The molecular formula is C13H12ClNO4. The Kier molecular flexibility index (Phi) is 3.48. The molecule has 0 bridgehead atoms. The first kappa shape index (κ1) is 13.4. The smallest absolute Gasteiger partial charge is 0.308 e. The lowest BCUT2D eigenvalue weighted by molar-refractivity contribution is -0.136. The van der Waals surface area contributed by atoms with Gasteiger partial charge in [-0.3, -0.25) is 9.59 Å². The molecule has 0 spiro atoms. The van der Waals surface area contributed by atoms with Crippen LogP contribution >= 0.6 is 11.6 Å². The van der Waals surface area contributed by atoms with Gasteiger partial charge < -0.3 is 14.4 Å². The van der Waals surface area contributed by atoms with E-state index in [1.807, 2.05) is 0 Å². The second kappa shape index (κ2) is 4.93. The number of methoxy groups -OCH3 is 1. The Bertz CT molecular complexity index is 721. The molecule has 2 aromatic rings. The number of carbonyl (C=O) groups is 1. The molecule has 0 saturated carbocycles. The van der Waals surface area contributed by atoms with Crippen molar-refractivity contribution < 1.29 is 14.6 Å². The fourth-order valence-electron chi connectivity index (χ4n) is 2.06. The van der Waals surface area contributed by atoms with Crippen molar-refractivity contribution in [3.05, 3.63) is 39.1 Å². The number of aryl methyl sites for hydroxylation is 1. The topological polar surface area (TPSA) is 68.5 Å². The van der Waals surface area contributed by atoms with Crippen molar-refractivity contribution in [1.29, 1.82) is 0 Å². The van der Waals surface area contributed by atoms with Gasteiger partial charge in [0.15, 0.2) is 0 Å². The number of hydrogen-bond acceptors (Lipinski definition) is 3. The SMILES string of the molecule is COc1ccc(Cl)c2c1cc(CC(=O)O)c(=O)n2C. The second-order valence-corrected chi connectivity index (χ2v) is 4.52. The normalized spacial score (nSPS) is 10.7. The van der Waals surface area contributed by atoms with Gasteiger partial charge in [-0.1, -0.05) is 11.6 Å². The summed E-state index contributed by atoms with van der Waals surface area (Å²) < 4.78 is 6.56. The van der Waals surface area contributed by atoms with E-state index in [0.717, 1.165) is 0 Å². The number of fused-ring (bicyclic) bond motifs is 1. The number of carboxylic acid groups (broad SMARTS) is 1. The monoisotopic (exact) mass is 281 g/mol. The molecule has 0 saturated heterocycles. The van der Waals surface area contributed by atoms with Gasteiger partial charge in [0.05, 0.1) is 24.1 Å². The Balaban J connectivity index is 2.87. The zero-order valence-electron chi connectivity index (χ0n) is 10.4. The van der Waals surface area contributed by atoms with E-state index < -0.39 is 5.97 Å². The molecule has 1 N–H and O–H groups in total. The number of pyridine rings is 1. The second-order valence-electron chi connectivity index (χ2n) is 4.12. The van der Waals surface area contributed by atoms with Crippen molar-refractivity contribution in [2.24, 2.45) is 7.05 Å². The molecule has 0 radical (unpaired) electrons. The zero-order chi connectivity index (χ0) is 14.2. The number of benzene rings is 1. The fraction of sp³-hybridized carbons (Fsp3) is 0.231. The summed E-state index contributed by atoms with van der Waals surface area (Å²) in [7, 11) is 3.06. The molecule has 19 heavy (non-hydrogen) atoms. The number of carboxylic acids is 1. The van der Waals surface area contributed by atoms with Crippen molar-refractivity contribution in [2.45, 2.75) is 6.42 Å². The summed E-state index contributed by atoms with van der Waals surface area (Å²) in [5.74, 6) is -0.515. The lowest BCUT2D eigenvalue weighted by atomic mass is 10.1. The molecular weight excluding hydrogens is 270 g/mol. The van der Waals surface area contributed by atoms with Gasteiger partial charge >= 0.3 is 5.97 Å². The van der Waals surface area contributed by atoms with Crippen LogP contribution in [0, 0.1) is 0 Å². The Labute approximate surface area is 114 Å². The van der Waals surface area contributed by atoms with E-state index in [1.54, 1.807) is 19.2 Å². The van der Waals surface area contributed by atoms with E-state index >= 15 is 0 Å². The Morgan fingerprint density at radius 3 is 2.74 bits per heavy atom. The minimum atomic E-state index is -1.06. The van der Waals surface area contributed by atoms with Crippen molar-refractivity contribution in [2.75, 3.05) is 7.11 Å². The Morgan fingerprint density at radius 2 is 2.16 bits per heavy atom. The number of aliphatic carboxylic acids is 1. The maximum Gasteiger partial charge on any atom is 0.308 e. The lowest BCUT2D eigenvalue weighted by Gasteiger charge is -2.12. The number of halogens is 1. The molecule has 100 valence electrons. The molecule has 5 nitrogen and oxygen atoms in total. The van der Waals surface area contributed by atoms with Crippen LogP contribution in [0.4, 0.5) is 0 Å². The van der Waals surface area contributed by atoms with E-state index in [0.29, 0.717) is 21.7 Å². The fourth-order valence-corrected chi connectivity index (χ4v) is 2.36. The highest BCUT2D eigenvalue weighted by molar-refractivity contribution is 6.35. The number of hydrogen-bond donors (Lipinski definition) is 1. The van der Waals surface area contributed by atoms with Crippen molar-refractivity contribution in [1.82, 2.24) is 4.57 Å². The van der Waals surface area contributed by atoms with Gasteiger partial charge in [-0.05, 0) is 18.2 Å². The molecule has 1 aromatic carbocycles. The number of ether oxygens (including phenoxy) is 1. The van der Waals surface area contributed by atoms with E-state index in [1.165, 1.54) is 17.7 Å². The molecule has 0 aliphatic heterocycles. The summed E-state index contributed by atoms with van der Waals surface area (Å²) in [6.45, 7) is 0. The minimum absolute atomic E-state index is 0.197. The van der Waals surface area contributed by atoms with E-state index in [-0.39, 0.29) is 17.5 Å². The summed E-state index contributed by atoms with van der Waals surface area (Å²) >= 11 is 6.09. The van der Waals surface area contributed by atoms with Crippen LogP contribution in [-0.4, -0.2) is 22.8 Å². The molecule has 0 amide bonds. The summed E-state index contributed by atoms with van der Waals surface area (Å²) in [5.41, 5.74) is 0.355. The van der Waals surface area contributed by atoms with Crippen molar-refractivity contribution in [3.8, 4) is 5.75 Å². The highest BCUT2D eigenvalue weighted by Crippen LogP contribution is 2.30. The van der Waals surface area contributed by atoms with Gasteiger partial charge in [-0.2, -0.15) is 0 Å². The molecule has 0 atom stereocenters. The van der Waals surface area contributed by atoms with Gasteiger partial charge in [0.2, 0.25) is 0 Å². The molecule has 0 aliphatic rings. The van der Waals surface area contributed by atoms with E-state index in [2.05, 4.69) is 0 Å². The molecule has 1 aromatic heterocycles. The minimum Gasteiger partial charge on any atom is -0.496 e. The summed E-state index contributed by atoms with van der Waals surface area (Å²) in [6.07, 6.45) is -0.335. The van der Waals surface area contributed by atoms with Crippen LogP contribution in [0.3, 0.4) is 0 Å². The summed E-state index contributed by atoms with van der Waals surface area (Å²) in [5, 5.41) is 9.86. The molecule has 0 fully saturated rings. The molecule has 1 heterocycles. The van der Waals surface area contributed by atoms with Crippen LogP contribution in [0.1, 0.15) is 5.56 Å². The largest absolute Gasteiger partial charge is 0.496 e. The Hall–Kier alpha value is -2.01. The van der Waals surface area contributed by atoms with Crippen LogP contribution in [0.5, 0.6) is 5.75 Å². The van der Waals surface area contributed by atoms with Crippen LogP contribution in [0.2, 0.25) is 5.02 Å². The first-order chi connectivity index (χ1) is 8.95. The summed E-state index contributed by atoms with van der Waals surface area (Å²) in [4.78, 5) is 22.9. The van der Waals surface area contributed by atoms with Gasteiger partial charge in [0, 0.05) is 18.0 Å². The predicted octanol–water partition coefficient (Wildman–Crippen LogP) is 1.83. The zero-order valence-corrected chi connectivity index (χ0v) is 11.2. The van der Waals surface area contributed by atoms with Gasteiger partial charge in [-0.15, -0.1) is 0 Å². The number of aromatic nitrogens is 1. The van der Waals surface area contributed by atoms with E-state index in [9.17, 15) is 9.59 Å². The van der Waals surface area contributed by atoms with Crippen LogP contribution in [0.25, 0.3) is 10.9 Å². The molecule has 2 rings (SSSR count). The number of nitrogens with zero attached hydrogens (tertiary/aromatic N) is 1. The number of rotatable bonds is 3. The van der Waals surface area contributed by atoms with Crippen molar-refractivity contribution in [3.63, 3.8) is 0 Å².